The van der Waals surface area contributed by atoms with E-state index in [9.17, 15) is 9.59 Å². The Morgan fingerprint density at radius 2 is 1.78 bits per heavy atom. The van der Waals surface area contributed by atoms with Crippen molar-refractivity contribution < 1.29 is 19.1 Å². The van der Waals surface area contributed by atoms with Crippen LogP contribution in [-0.4, -0.2) is 43.9 Å². The summed E-state index contributed by atoms with van der Waals surface area (Å²) in [4.78, 5) is 29.4. The normalized spacial score (nSPS) is 14.2. The van der Waals surface area contributed by atoms with Gasteiger partial charge in [-0.2, -0.15) is 0 Å². The quantitative estimate of drug-likeness (QED) is 0.325. The number of amides is 2. The van der Waals surface area contributed by atoms with Gasteiger partial charge in [0.2, 0.25) is 0 Å². The van der Waals surface area contributed by atoms with Gasteiger partial charge in [-0.15, -0.1) is 0 Å². The van der Waals surface area contributed by atoms with E-state index in [1.165, 1.54) is 23.8 Å². The molecule has 0 unspecified atom stereocenters. The Kier molecular flexibility index (Phi) is 7.92. The van der Waals surface area contributed by atoms with Crippen LogP contribution >= 0.6 is 24.0 Å². The highest BCUT2D eigenvalue weighted by Crippen LogP contribution is 2.37. The highest BCUT2D eigenvalue weighted by molar-refractivity contribution is 8.27. The third kappa shape index (κ3) is 5.87. The number of anilines is 3. The lowest BCUT2D eigenvalue weighted by atomic mass is 10.1. The molecule has 2 amide bonds. The van der Waals surface area contributed by atoms with Crippen LogP contribution in [0.3, 0.4) is 0 Å². The van der Waals surface area contributed by atoms with E-state index in [0.29, 0.717) is 26.4 Å². The maximum atomic E-state index is 13.1. The number of carbonyl (C=O) groups excluding carboxylic acids is 2. The fourth-order valence-electron chi connectivity index (χ4n) is 3.50. The molecule has 0 radical (unpaired) electrons. The summed E-state index contributed by atoms with van der Waals surface area (Å²) >= 11 is 6.73. The number of benzene rings is 3. The average molecular weight is 520 g/mol. The maximum Gasteiger partial charge on any atom is 0.270 e. The summed E-state index contributed by atoms with van der Waals surface area (Å²) in [6.07, 6.45) is 1.77. The number of methoxy groups -OCH3 is 1. The molecule has 3 aromatic rings. The molecule has 0 saturated carbocycles. The first-order chi connectivity index (χ1) is 17.4. The van der Waals surface area contributed by atoms with Crippen LogP contribution in [0.15, 0.2) is 77.7 Å². The summed E-state index contributed by atoms with van der Waals surface area (Å²) in [6, 6.07) is 22.1. The van der Waals surface area contributed by atoms with E-state index in [-0.39, 0.29) is 18.4 Å². The second-order valence-corrected chi connectivity index (χ2v) is 9.72. The van der Waals surface area contributed by atoms with Gasteiger partial charge >= 0.3 is 0 Å². The summed E-state index contributed by atoms with van der Waals surface area (Å²) in [6.45, 7) is -0.171. The van der Waals surface area contributed by atoms with Crippen molar-refractivity contribution in [2.24, 2.45) is 0 Å². The zero-order chi connectivity index (χ0) is 25.7. The van der Waals surface area contributed by atoms with Crippen LogP contribution in [0, 0.1) is 0 Å². The second-order valence-electron chi connectivity index (χ2n) is 8.04. The fourth-order valence-corrected chi connectivity index (χ4v) is 4.80. The summed E-state index contributed by atoms with van der Waals surface area (Å²) in [7, 11) is 5.44. The number of nitrogens with zero attached hydrogens (tertiary/aromatic N) is 2. The third-order valence-corrected chi connectivity index (χ3v) is 6.62. The van der Waals surface area contributed by atoms with E-state index < -0.39 is 0 Å². The van der Waals surface area contributed by atoms with Crippen molar-refractivity contribution in [3.8, 4) is 11.5 Å². The Morgan fingerprint density at radius 1 is 1.06 bits per heavy atom. The van der Waals surface area contributed by atoms with Gasteiger partial charge in [-0.3, -0.25) is 14.5 Å². The molecule has 0 aromatic heterocycles. The van der Waals surface area contributed by atoms with Crippen molar-refractivity contribution in [3.05, 3.63) is 83.3 Å². The smallest absolute Gasteiger partial charge is 0.270 e. The average Bonchev–Trinajstić information content (AvgIpc) is 3.16. The Bertz CT molecular complexity index is 1310. The monoisotopic (exact) mass is 519 g/mol. The highest BCUT2D eigenvalue weighted by Gasteiger charge is 2.33. The van der Waals surface area contributed by atoms with E-state index in [0.717, 1.165) is 16.9 Å². The molecule has 0 spiro atoms. The lowest BCUT2D eigenvalue weighted by Crippen LogP contribution is -2.27. The minimum Gasteiger partial charge on any atom is -0.493 e. The molecular formula is C27H25N3O4S2. The van der Waals surface area contributed by atoms with E-state index in [1.807, 2.05) is 61.5 Å². The predicted molar refractivity (Wildman–Crippen MR) is 150 cm³/mol. The van der Waals surface area contributed by atoms with Crippen LogP contribution in [0.25, 0.3) is 6.08 Å². The van der Waals surface area contributed by atoms with Crippen LogP contribution in [0.4, 0.5) is 17.1 Å². The first kappa shape index (κ1) is 25.3. The Labute approximate surface area is 219 Å². The van der Waals surface area contributed by atoms with E-state index in [4.69, 9.17) is 21.7 Å². The number of hydrogen-bond donors (Lipinski definition) is 1. The number of rotatable bonds is 8. The van der Waals surface area contributed by atoms with Gasteiger partial charge in [0.05, 0.1) is 17.7 Å². The number of nitrogens with one attached hydrogen (secondary N) is 1. The van der Waals surface area contributed by atoms with Crippen molar-refractivity contribution in [3.63, 3.8) is 0 Å². The molecule has 0 bridgehead atoms. The van der Waals surface area contributed by atoms with Gasteiger partial charge in [0, 0.05) is 25.5 Å². The molecule has 1 fully saturated rings. The van der Waals surface area contributed by atoms with Gasteiger partial charge in [0.1, 0.15) is 0 Å². The van der Waals surface area contributed by atoms with Crippen molar-refractivity contribution >= 4 is 63.3 Å². The summed E-state index contributed by atoms with van der Waals surface area (Å²) in [5, 5.41) is 2.77. The SMILES string of the molecule is COc1cc(/C=C2/SC(=S)N(c3ccc(N(C)C)cc3)C2=O)ccc1OCC(=O)Nc1ccccc1. The number of carbonyl (C=O) groups is 2. The molecule has 1 N–H and O–H groups in total. The van der Waals surface area contributed by atoms with Crippen LogP contribution in [0.2, 0.25) is 0 Å². The van der Waals surface area contributed by atoms with Gasteiger partial charge in [0.25, 0.3) is 11.8 Å². The number of thiocarbonyl (C=S) groups is 1. The Morgan fingerprint density at radius 3 is 2.44 bits per heavy atom. The van der Waals surface area contributed by atoms with Crippen LogP contribution in [-0.2, 0) is 9.59 Å². The van der Waals surface area contributed by atoms with Crippen molar-refractivity contribution in [2.75, 3.05) is 42.9 Å². The van der Waals surface area contributed by atoms with Crippen molar-refractivity contribution in [1.82, 2.24) is 0 Å². The molecule has 184 valence electrons. The predicted octanol–water partition coefficient (Wildman–Crippen LogP) is 5.18. The number of para-hydroxylation sites is 1. The first-order valence-electron chi connectivity index (χ1n) is 11.1. The van der Waals surface area contributed by atoms with Crippen molar-refractivity contribution in [1.29, 1.82) is 0 Å². The first-order valence-corrected chi connectivity index (χ1v) is 12.3. The summed E-state index contributed by atoms with van der Waals surface area (Å²) < 4.78 is 11.6. The molecular weight excluding hydrogens is 494 g/mol. The number of thioether (sulfide) groups is 1. The molecule has 4 rings (SSSR count). The topological polar surface area (TPSA) is 71.1 Å². The third-order valence-electron chi connectivity index (χ3n) is 5.32. The molecule has 1 aliphatic heterocycles. The summed E-state index contributed by atoms with van der Waals surface area (Å²) in [5.41, 5.74) is 3.20. The molecule has 9 heteroatoms. The van der Waals surface area contributed by atoms with Gasteiger partial charge in [-0.25, -0.2) is 0 Å². The largest absolute Gasteiger partial charge is 0.493 e. The molecule has 1 aliphatic rings. The maximum absolute atomic E-state index is 13.1. The lowest BCUT2D eigenvalue weighted by Gasteiger charge is -2.17. The lowest BCUT2D eigenvalue weighted by molar-refractivity contribution is -0.118. The minimum atomic E-state index is -0.283. The van der Waals surface area contributed by atoms with E-state index in [1.54, 1.807) is 36.4 Å². The zero-order valence-electron chi connectivity index (χ0n) is 20.1. The molecule has 3 aromatic carbocycles. The van der Waals surface area contributed by atoms with Gasteiger partial charge in [-0.1, -0.05) is 48.2 Å². The highest BCUT2D eigenvalue weighted by atomic mass is 32.2. The minimum absolute atomic E-state index is 0.171. The molecule has 1 heterocycles. The molecule has 36 heavy (non-hydrogen) atoms. The number of hydrogen-bond acceptors (Lipinski definition) is 7. The zero-order valence-corrected chi connectivity index (χ0v) is 21.7. The molecule has 1 saturated heterocycles. The fraction of sp³-hybridized carbons (Fsp3) is 0.148. The molecule has 0 atom stereocenters. The van der Waals surface area contributed by atoms with Crippen LogP contribution in [0.5, 0.6) is 11.5 Å². The molecule has 7 nitrogen and oxygen atoms in total. The van der Waals surface area contributed by atoms with Gasteiger partial charge in [-0.05, 0) is 60.2 Å². The van der Waals surface area contributed by atoms with E-state index in [2.05, 4.69) is 5.32 Å². The molecule has 0 aliphatic carbocycles. The Balaban J connectivity index is 1.45. The van der Waals surface area contributed by atoms with Crippen LogP contribution < -0.4 is 24.6 Å². The second kappa shape index (κ2) is 11.3. The standard InChI is InChI=1S/C27H25N3O4S2/c1-29(2)20-10-12-21(13-11-20)30-26(32)24(36-27(30)35)16-18-9-14-22(23(15-18)33-3)34-17-25(31)28-19-7-5-4-6-8-19/h4-16H,17H2,1-3H3,(H,28,31)/b24-16+. The number of ether oxygens (including phenoxy) is 2. The van der Waals surface area contributed by atoms with Crippen LogP contribution in [0.1, 0.15) is 5.56 Å². The van der Waals surface area contributed by atoms with Gasteiger partial charge in [0.15, 0.2) is 22.4 Å². The summed E-state index contributed by atoms with van der Waals surface area (Å²) in [5.74, 6) is 0.409. The van der Waals surface area contributed by atoms with E-state index >= 15 is 0 Å². The Hall–Kier alpha value is -3.82. The van der Waals surface area contributed by atoms with Crippen molar-refractivity contribution in [2.45, 2.75) is 0 Å². The van der Waals surface area contributed by atoms with Gasteiger partial charge < -0.3 is 19.7 Å².